The second-order valence-corrected chi connectivity index (χ2v) is 4.09. The summed E-state index contributed by atoms with van der Waals surface area (Å²) in [5.74, 6) is 0.567. The van der Waals surface area contributed by atoms with Crippen molar-refractivity contribution >= 4 is 11.2 Å². The lowest BCUT2D eigenvalue weighted by molar-refractivity contribution is 0.298. The number of hydrogen-bond donors (Lipinski definition) is 2. The molecule has 2 aromatic rings. The fourth-order valence-corrected chi connectivity index (χ4v) is 1.48. The van der Waals surface area contributed by atoms with Crippen LogP contribution in [0.3, 0.4) is 0 Å². The van der Waals surface area contributed by atoms with Crippen LogP contribution in [0.15, 0.2) is 12.7 Å². The average Bonchev–Trinajstić information content (AvgIpc) is 2.77. The van der Waals surface area contributed by atoms with E-state index in [0.29, 0.717) is 24.2 Å². The number of nitrogens with one attached hydrogen (secondary N) is 2. The highest BCUT2D eigenvalue weighted by molar-refractivity contribution is 5.74. The predicted octanol–water partition coefficient (Wildman–Crippen LogP) is 1.12. The molecule has 0 aliphatic rings. The SMILES string of the molecule is CC(C)NCCCOc1ncnc2nc[nH]c12. The van der Waals surface area contributed by atoms with E-state index in [-0.39, 0.29) is 0 Å². The van der Waals surface area contributed by atoms with Crippen molar-refractivity contribution in [3.8, 4) is 5.88 Å². The van der Waals surface area contributed by atoms with E-state index in [0.717, 1.165) is 18.5 Å². The molecule has 0 unspecified atom stereocenters. The van der Waals surface area contributed by atoms with Gasteiger partial charge in [-0.15, -0.1) is 0 Å². The normalized spacial score (nSPS) is 11.2. The molecular weight excluding hydrogens is 218 g/mol. The Morgan fingerprint density at radius 1 is 1.35 bits per heavy atom. The summed E-state index contributed by atoms with van der Waals surface area (Å²) in [6.45, 7) is 5.82. The Kier molecular flexibility index (Phi) is 3.87. The van der Waals surface area contributed by atoms with Crippen LogP contribution in [0.25, 0.3) is 11.2 Å². The van der Waals surface area contributed by atoms with Gasteiger partial charge in [0.05, 0.1) is 12.9 Å². The third-order valence-electron chi connectivity index (χ3n) is 2.30. The van der Waals surface area contributed by atoms with Crippen molar-refractivity contribution in [3.63, 3.8) is 0 Å². The van der Waals surface area contributed by atoms with Gasteiger partial charge < -0.3 is 15.0 Å². The van der Waals surface area contributed by atoms with Crippen LogP contribution >= 0.6 is 0 Å². The van der Waals surface area contributed by atoms with Crippen LogP contribution in [0.2, 0.25) is 0 Å². The number of imidazole rings is 1. The maximum Gasteiger partial charge on any atom is 0.243 e. The number of H-pyrrole nitrogens is 1. The summed E-state index contributed by atoms with van der Waals surface area (Å²) < 4.78 is 5.60. The zero-order valence-electron chi connectivity index (χ0n) is 10.1. The van der Waals surface area contributed by atoms with E-state index >= 15 is 0 Å². The summed E-state index contributed by atoms with van der Waals surface area (Å²) in [6.07, 6.45) is 4.00. The smallest absolute Gasteiger partial charge is 0.243 e. The summed E-state index contributed by atoms with van der Waals surface area (Å²) in [4.78, 5) is 15.1. The molecule has 0 fully saturated rings. The summed E-state index contributed by atoms with van der Waals surface area (Å²) in [5, 5.41) is 3.33. The molecule has 0 saturated carbocycles. The summed E-state index contributed by atoms with van der Waals surface area (Å²) in [6, 6.07) is 0.508. The highest BCUT2D eigenvalue weighted by Gasteiger charge is 2.06. The predicted molar refractivity (Wildman–Crippen MR) is 64.9 cm³/mol. The molecule has 2 aromatic heterocycles. The molecule has 0 aliphatic heterocycles. The van der Waals surface area contributed by atoms with Gasteiger partial charge in [0.15, 0.2) is 5.65 Å². The van der Waals surface area contributed by atoms with Gasteiger partial charge in [0.1, 0.15) is 11.8 Å². The van der Waals surface area contributed by atoms with Crippen molar-refractivity contribution in [2.45, 2.75) is 26.3 Å². The van der Waals surface area contributed by atoms with Crippen molar-refractivity contribution in [2.75, 3.05) is 13.2 Å². The molecule has 0 atom stereocenters. The number of aromatic amines is 1. The minimum atomic E-state index is 0.508. The van der Waals surface area contributed by atoms with Gasteiger partial charge in [-0.1, -0.05) is 13.8 Å². The monoisotopic (exact) mass is 235 g/mol. The van der Waals surface area contributed by atoms with Gasteiger partial charge in [0.2, 0.25) is 5.88 Å². The molecule has 0 aliphatic carbocycles. The van der Waals surface area contributed by atoms with E-state index in [1.54, 1.807) is 6.33 Å². The van der Waals surface area contributed by atoms with Gasteiger partial charge >= 0.3 is 0 Å². The Balaban J connectivity index is 1.84. The first-order chi connectivity index (χ1) is 8.27. The standard InChI is InChI=1S/C11H17N5O/c1-8(2)12-4-3-5-17-11-9-10(14-6-13-9)15-7-16-11/h6-8,12H,3-5H2,1-2H3,(H,13,14,15,16). The lowest BCUT2D eigenvalue weighted by atomic mass is 10.3. The zero-order valence-corrected chi connectivity index (χ0v) is 10.1. The first-order valence-corrected chi connectivity index (χ1v) is 5.77. The second-order valence-electron chi connectivity index (χ2n) is 4.09. The van der Waals surface area contributed by atoms with Crippen molar-refractivity contribution in [1.29, 1.82) is 0 Å². The van der Waals surface area contributed by atoms with Gasteiger partial charge in [-0.25, -0.2) is 9.97 Å². The third-order valence-corrected chi connectivity index (χ3v) is 2.30. The Bertz CT molecular complexity index is 468. The lowest BCUT2D eigenvalue weighted by Crippen LogP contribution is -2.24. The number of aromatic nitrogens is 4. The van der Waals surface area contributed by atoms with Crippen molar-refractivity contribution in [1.82, 2.24) is 25.3 Å². The van der Waals surface area contributed by atoms with Gasteiger partial charge in [0, 0.05) is 6.04 Å². The number of ether oxygens (including phenoxy) is 1. The first kappa shape index (κ1) is 11.8. The van der Waals surface area contributed by atoms with Crippen LogP contribution in [-0.2, 0) is 0 Å². The Morgan fingerprint density at radius 3 is 3.06 bits per heavy atom. The highest BCUT2D eigenvalue weighted by atomic mass is 16.5. The Labute approximate surface area is 99.8 Å². The van der Waals surface area contributed by atoms with Crippen LogP contribution in [0.4, 0.5) is 0 Å². The molecule has 2 rings (SSSR count). The molecule has 92 valence electrons. The molecule has 0 bridgehead atoms. The Hall–Kier alpha value is -1.69. The number of fused-ring (bicyclic) bond motifs is 1. The highest BCUT2D eigenvalue weighted by Crippen LogP contribution is 2.16. The van der Waals surface area contributed by atoms with E-state index in [1.807, 2.05) is 0 Å². The van der Waals surface area contributed by atoms with Crippen LogP contribution < -0.4 is 10.1 Å². The van der Waals surface area contributed by atoms with Crippen molar-refractivity contribution in [2.24, 2.45) is 0 Å². The summed E-state index contributed by atoms with van der Waals surface area (Å²) in [5.41, 5.74) is 1.39. The molecule has 0 amide bonds. The topological polar surface area (TPSA) is 75.7 Å². The molecule has 2 heterocycles. The third kappa shape index (κ3) is 3.13. The quantitative estimate of drug-likeness (QED) is 0.734. The molecule has 0 radical (unpaired) electrons. The van der Waals surface area contributed by atoms with E-state index in [4.69, 9.17) is 4.74 Å². The summed E-state index contributed by atoms with van der Waals surface area (Å²) >= 11 is 0. The van der Waals surface area contributed by atoms with Crippen molar-refractivity contribution < 1.29 is 4.74 Å². The maximum atomic E-state index is 5.60. The van der Waals surface area contributed by atoms with Gasteiger partial charge in [-0.05, 0) is 13.0 Å². The Morgan fingerprint density at radius 2 is 2.24 bits per heavy atom. The molecule has 6 heteroatoms. The van der Waals surface area contributed by atoms with Crippen LogP contribution in [0, 0.1) is 0 Å². The molecule has 2 N–H and O–H groups in total. The van der Waals surface area contributed by atoms with Gasteiger partial charge in [0.25, 0.3) is 0 Å². The van der Waals surface area contributed by atoms with E-state index in [1.165, 1.54) is 6.33 Å². The number of nitrogens with zero attached hydrogens (tertiary/aromatic N) is 3. The van der Waals surface area contributed by atoms with Gasteiger partial charge in [-0.2, -0.15) is 4.98 Å². The first-order valence-electron chi connectivity index (χ1n) is 5.77. The van der Waals surface area contributed by atoms with Gasteiger partial charge in [-0.3, -0.25) is 0 Å². The van der Waals surface area contributed by atoms with E-state index in [9.17, 15) is 0 Å². The summed E-state index contributed by atoms with van der Waals surface area (Å²) in [7, 11) is 0. The minimum absolute atomic E-state index is 0.508. The van der Waals surface area contributed by atoms with Crippen molar-refractivity contribution in [3.05, 3.63) is 12.7 Å². The molecule has 6 nitrogen and oxygen atoms in total. The van der Waals surface area contributed by atoms with Crippen LogP contribution in [0.1, 0.15) is 20.3 Å². The second kappa shape index (κ2) is 5.58. The fourth-order valence-electron chi connectivity index (χ4n) is 1.48. The molecular formula is C11H17N5O. The number of hydrogen-bond acceptors (Lipinski definition) is 5. The molecule has 17 heavy (non-hydrogen) atoms. The van der Waals surface area contributed by atoms with Crippen LogP contribution in [-0.4, -0.2) is 39.1 Å². The lowest BCUT2D eigenvalue weighted by Gasteiger charge is -2.08. The molecule has 0 spiro atoms. The molecule has 0 saturated heterocycles. The van der Waals surface area contributed by atoms with E-state index in [2.05, 4.69) is 39.1 Å². The zero-order chi connectivity index (χ0) is 12.1. The fraction of sp³-hybridized carbons (Fsp3) is 0.545. The van der Waals surface area contributed by atoms with E-state index < -0.39 is 0 Å². The number of rotatable bonds is 6. The van der Waals surface area contributed by atoms with Crippen LogP contribution in [0.5, 0.6) is 5.88 Å². The molecule has 0 aromatic carbocycles. The average molecular weight is 235 g/mol. The maximum absolute atomic E-state index is 5.60. The largest absolute Gasteiger partial charge is 0.476 e. The minimum Gasteiger partial charge on any atom is -0.476 e.